The molecule has 0 heterocycles. The molecule has 1 amide bonds. The van der Waals surface area contributed by atoms with Crippen LogP contribution in [0.25, 0.3) is 0 Å². The van der Waals surface area contributed by atoms with Crippen LogP contribution in [-0.4, -0.2) is 74.0 Å². The number of hydrogen-bond donors (Lipinski definition) is 1. The molecule has 0 aliphatic heterocycles. The molecule has 0 spiro atoms. The van der Waals surface area contributed by atoms with Crippen molar-refractivity contribution >= 4 is 41.2 Å². The number of hydrogen-bond acceptors (Lipinski definition) is 7. The van der Waals surface area contributed by atoms with Gasteiger partial charge in [0, 0.05) is 25.4 Å². The fraction of sp³-hybridized carbons (Fsp3) is 0.944. The molecule has 0 fully saturated rings. The highest BCUT2D eigenvalue weighted by molar-refractivity contribution is 7.98. The number of carbonyl (C=O) groups is 1. The molecule has 0 bridgehead atoms. The van der Waals surface area contributed by atoms with Gasteiger partial charge in [-0.25, -0.2) is 0 Å². The Bertz CT molecular complexity index is 382. The van der Waals surface area contributed by atoms with E-state index in [2.05, 4.69) is 5.32 Å². The third-order valence-electron chi connectivity index (χ3n) is 4.07. The Balaban J connectivity index is 5.04. The van der Waals surface area contributed by atoms with Crippen LogP contribution in [0, 0.1) is 0 Å². The highest BCUT2D eigenvalue weighted by Gasteiger charge is 2.43. The normalized spacial score (nSPS) is 12.3. The summed E-state index contributed by atoms with van der Waals surface area (Å²) >= 11 is 4.62. The molecule has 0 radical (unpaired) electrons. The second-order valence-corrected chi connectivity index (χ2v) is 8.93. The summed E-state index contributed by atoms with van der Waals surface area (Å²) in [7, 11) is 0. The maximum atomic E-state index is 13.0. The summed E-state index contributed by atoms with van der Waals surface area (Å²) in [4.78, 5) is 11.7. The van der Waals surface area contributed by atoms with Gasteiger partial charge >= 0.3 is 12.1 Å². The van der Waals surface area contributed by atoms with Gasteiger partial charge in [0.05, 0.1) is 17.8 Å². The van der Waals surface area contributed by atoms with Crippen molar-refractivity contribution in [3.8, 4) is 0 Å². The molecule has 0 aliphatic rings. The average Bonchev–Trinajstić information content (AvgIpc) is 2.66. The number of nitrogens with one attached hydrogen (secondary N) is 1. The van der Waals surface area contributed by atoms with Gasteiger partial charge in [-0.1, -0.05) is 0 Å². The van der Waals surface area contributed by atoms with E-state index in [1.807, 2.05) is 18.8 Å². The predicted molar refractivity (Wildman–Crippen MR) is 118 cm³/mol. The molecule has 1 N–H and O–H groups in total. The van der Waals surface area contributed by atoms with Gasteiger partial charge in [0.25, 0.3) is 0 Å². The first-order chi connectivity index (χ1) is 13.8. The van der Waals surface area contributed by atoms with Crippen LogP contribution in [-0.2, 0) is 19.0 Å². The number of carbonyl (C=O) groups excluding carboxylic acids is 1. The van der Waals surface area contributed by atoms with Gasteiger partial charge in [0.2, 0.25) is 0 Å². The van der Waals surface area contributed by atoms with E-state index in [1.54, 1.807) is 0 Å². The number of halogens is 3. The van der Waals surface area contributed by atoms with E-state index in [0.717, 1.165) is 0 Å². The molecule has 0 unspecified atom stereocenters. The van der Waals surface area contributed by atoms with Crippen LogP contribution in [0.15, 0.2) is 0 Å². The van der Waals surface area contributed by atoms with E-state index in [4.69, 9.17) is 14.2 Å². The van der Waals surface area contributed by atoms with Crippen molar-refractivity contribution in [2.45, 2.75) is 50.2 Å². The van der Waals surface area contributed by atoms with Crippen molar-refractivity contribution in [3.63, 3.8) is 0 Å². The summed E-state index contributed by atoms with van der Waals surface area (Å²) in [6, 6.07) is 0. The van der Waals surface area contributed by atoms with Gasteiger partial charge < -0.3 is 19.5 Å². The Morgan fingerprint density at radius 1 is 0.759 bits per heavy atom. The van der Waals surface area contributed by atoms with Crippen LogP contribution in [0.5, 0.6) is 0 Å². The molecule has 174 valence electrons. The van der Waals surface area contributed by atoms with Crippen molar-refractivity contribution in [2.75, 3.05) is 56.4 Å². The summed E-state index contributed by atoms with van der Waals surface area (Å²) in [5.74, 6) is -0.287. The molecule has 0 saturated carbocycles. The highest BCUT2D eigenvalue weighted by Crippen LogP contribution is 2.28. The minimum Gasteiger partial charge on any atom is -0.371 e. The topological polar surface area (TPSA) is 56.8 Å². The lowest BCUT2D eigenvalue weighted by Crippen LogP contribution is -2.53. The quantitative estimate of drug-likeness (QED) is 0.211. The zero-order valence-electron chi connectivity index (χ0n) is 17.5. The third kappa shape index (κ3) is 15.6. The Morgan fingerprint density at radius 3 is 1.38 bits per heavy atom. The zero-order chi connectivity index (χ0) is 22.0. The van der Waals surface area contributed by atoms with Gasteiger partial charge in [-0.3, -0.25) is 4.79 Å². The molecule has 29 heavy (non-hydrogen) atoms. The molecule has 0 saturated heterocycles. The first-order valence-electron chi connectivity index (χ1n) is 9.40. The molecule has 0 rings (SSSR count). The molecular weight excluding hydrogens is 447 g/mol. The van der Waals surface area contributed by atoms with E-state index < -0.39 is 17.6 Å². The Hall–Kier alpha value is 0.190. The van der Waals surface area contributed by atoms with Gasteiger partial charge in [-0.2, -0.15) is 13.2 Å². The first kappa shape index (κ1) is 29.2. The molecular formula is C18H34F3NO4S3. The minimum atomic E-state index is -4.91. The number of amides is 1. The fourth-order valence-electron chi connectivity index (χ4n) is 2.84. The molecule has 0 aromatic carbocycles. The summed E-state index contributed by atoms with van der Waals surface area (Å²) in [5, 5.41) is 2.30. The van der Waals surface area contributed by atoms with Crippen LogP contribution in [0.3, 0.4) is 0 Å². The number of ether oxygens (including phenoxy) is 3. The summed E-state index contributed by atoms with van der Waals surface area (Å²) in [6.07, 6.45) is 3.76. The van der Waals surface area contributed by atoms with Gasteiger partial charge in [0.1, 0.15) is 0 Å². The maximum absolute atomic E-state index is 13.0. The smallest absolute Gasteiger partial charge is 0.371 e. The van der Waals surface area contributed by atoms with Gasteiger partial charge in [-0.15, -0.1) is 35.3 Å². The van der Waals surface area contributed by atoms with Crippen molar-refractivity contribution in [1.82, 2.24) is 5.32 Å². The monoisotopic (exact) mass is 481 g/mol. The Kier molecular flexibility index (Phi) is 17.9. The molecule has 11 heteroatoms. The minimum absolute atomic E-state index is 0.411. The van der Waals surface area contributed by atoms with Crippen molar-refractivity contribution in [3.05, 3.63) is 0 Å². The van der Waals surface area contributed by atoms with Crippen LogP contribution in [0.4, 0.5) is 13.2 Å². The number of thioether (sulfide) groups is 3. The predicted octanol–water partition coefficient (Wildman–Crippen LogP) is 4.76. The maximum Gasteiger partial charge on any atom is 0.471 e. The zero-order valence-corrected chi connectivity index (χ0v) is 19.9. The molecule has 0 aliphatic carbocycles. The van der Waals surface area contributed by atoms with Gasteiger partial charge in [-0.05, 0) is 57.3 Å². The second kappa shape index (κ2) is 17.8. The van der Waals surface area contributed by atoms with Crippen LogP contribution >= 0.6 is 35.3 Å². The number of rotatable bonds is 19. The fourth-order valence-corrected chi connectivity index (χ4v) is 3.69. The SMILES string of the molecule is CSCOCCCC(CCCOCSC)(CCCOCSC)NC(=O)C(F)(F)F. The Morgan fingerprint density at radius 2 is 1.10 bits per heavy atom. The van der Waals surface area contributed by atoms with Crippen LogP contribution < -0.4 is 5.32 Å². The van der Waals surface area contributed by atoms with Gasteiger partial charge in [0.15, 0.2) is 0 Å². The molecule has 5 nitrogen and oxygen atoms in total. The lowest BCUT2D eigenvalue weighted by atomic mass is 9.83. The number of alkyl halides is 3. The lowest BCUT2D eigenvalue weighted by Gasteiger charge is -2.36. The van der Waals surface area contributed by atoms with Crippen molar-refractivity contribution in [2.24, 2.45) is 0 Å². The lowest BCUT2D eigenvalue weighted by molar-refractivity contribution is -0.176. The van der Waals surface area contributed by atoms with Crippen LogP contribution in [0.1, 0.15) is 38.5 Å². The van der Waals surface area contributed by atoms with E-state index in [0.29, 0.717) is 76.2 Å². The average molecular weight is 482 g/mol. The Labute approximate surface area is 185 Å². The molecule has 0 aromatic rings. The summed E-state index contributed by atoms with van der Waals surface area (Å²) in [5.41, 5.74) is -0.958. The van der Waals surface area contributed by atoms with E-state index >= 15 is 0 Å². The van der Waals surface area contributed by atoms with E-state index in [1.165, 1.54) is 35.3 Å². The molecule has 0 aromatic heterocycles. The van der Waals surface area contributed by atoms with E-state index in [-0.39, 0.29) is 0 Å². The third-order valence-corrected chi connectivity index (χ3v) is 5.28. The van der Waals surface area contributed by atoms with Crippen molar-refractivity contribution in [1.29, 1.82) is 0 Å². The highest BCUT2D eigenvalue weighted by atomic mass is 32.2. The standard InChI is InChI=1S/C18H34F3NO4S3/c1-27-13-24-10-4-7-17(8-5-11-25-14-28-2,9-6-12-26-15-29-3)22-16(23)18(19,20)21/h4-15H2,1-3H3,(H,22,23). The summed E-state index contributed by atoms with van der Waals surface area (Å²) in [6.45, 7) is 1.32. The summed E-state index contributed by atoms with van der Waals surface area (Å²) < 4.78 is 55.2. The van der Waals surface area contributed by atoms with Crippen molar-refractivity contribution < 1.29 is 32.2 Å². The first-order valence-corrected chi connectivity index (χ1v) is 13.6. The second-order valence-electron chi connectivity index (χ2n) is 6.49. The largest absolute Gasteiger partial charge is 0.471 e. The molecule has 0 atom stereocenters. The van der Waals surface area contributed by atoms with Crippen LogP contribution in [0.2, 0.25) is 0 Å². The van der Waals surface area contributed by atoms with E-state index in [9.17, 15) is 18.0 Å².